The fourth-order valence-electron chi connectivity index (χ4n) is 18.2. The van der Waals surface area contributed by atoms with Crippen LogP contribution in [-0.4, -0.2) is 88.1 Å². The lowest BCUT2D eigenvalue weighted by atomic mass is 9.71. The number of carbonyl (C=O) groups is 8. The molecule has 129 heavy (non-hydrogen) atoms. The fraction of sp³-hybridized carbons (Fsp3) is 0.224. The first-order valence-electron chi connectivity index (χ1n) is 40.0. The van der Waals surface area contributed by atoms with Gasteiger partial charge in [0.1, 0.15) is 16.4 Å². The Bertz CT molecular complexity index is 7100. The first kappa shape index (κ1) is 87.0. The highest BCUT2D eigenvalue weighted by molar-refractivity contribution is 6.38. The van der Waals surface area contributed by atoms with Gasteiger partial charge in [0.2, 0.25) is 16.7 Å². The quantitative estimate of drug-likeness (QED) is 0.0782. The molecule has 13 aromatic rings. The van der Waals surface area contributed by atoms with Crippen molar-refractivity contribution in [1.29, 1.82) is 0 Å². The summed E-state index contributed by atoms with van der Waals surface area (Å²) >= 11 is 0. The third kappa shape index (κ3) is 13.2. The monoisotopic (exact) mass is 1770 g/mol. The molecular weight excluding hydrogens is 1710 g/mol. The maximum absolute atomic E-state index is 16.3. The van der Waals surface area contributed by atoms with E-state index in [4.69, 9.17) is 8.83 Å². The van der Waals surface area contributed by atoms with Crippen molar-refractivity contribution in [2.24, 2.45) is 0 Å². The van der Waals surface area contributed by atoms with Crippen molar-refractivity contribution in [3.63, 3.8) is 0 Å². The molecule has 0 bridgehead atoms. The van der Waals surface area contributed by atoms with Gasteiger partial charge in [-0.2, -0.15) is 65.9 Å². The minimum absolute atomic E-state index is 0.0474. The molecule has 1 atom stereocenters. The van der Waals surface area contributed by atoms with Crippen LogP contribution in [0.3, 0.4) is 0 Å². The van der Waals surface area contributed by atoms with E-state index < -0.39 is 173 Å². The summed E-state index contributed by atoms with van der Waals surface area (Å²) in [5.74, 6) is -10.6. The van der Waals surface area contributed by atoms with Gasteiger partial charge in [0.15, 0.2) is 17.1 Å². The Morgan fingerprint density at radius 3 is 1.05 bits per heavy atom. The van der Waals surface area contributed by atoms with Gasteiger partial charge in [-0.3, -0.25) is 38.4 Å². The second-order valence-corrected chi connectivity index (χ2v) is 34.9. The van der Waals surface area contributed by atoms with E-state index >= 15 is 65.9 Å². The third-order valence-corrected chi connectivity index (χ3v) is 24.8. The molecule has 1 unspecified atom stereocenters. The number of nitrogens with zero attached hydrogens (tertiary/aromatic N) is 6. The van der Waals surface area contributed by atoms with Crippen molar-refractivity contribution in [3.8, 4) is 33.7 Å². The molecule has 0 fully saturated rings. The van der Waals surface area contributed by atoms with E-state index in [1.165, 1.54) is 92.7 Å². The summed E-state index contributed by atoms with van der Waals surface area (Å²) in [4.78, 5) is 128. The molecule has 0 saturated carbocycles. The highest BCUT2D eigenvalue weighted by atomic mass is 19.4. The maximum Gasteiger partial charge on any atom is 0.411 e. The van der Waals surface area contributed by atoms with E-state index in [2.05, 4.69) is 16.0 Å². The van der Waals surface area contributed by atoms with Crippen molar-refractivity contribution in [3.05, 3.63) is 317 Å². The molecule has 0 N–H and O–H groups in total. The second-order valence-electron chi connectivity index (χ2n) is 34.9. The Morgan fingerprint density at radius 1 is 0.279 bits per heavy atom. The molecule has 16 nitrogen and oxygen atoms in total. The van der Waals surface area contributed by atoms with Gasteiger partial charge in [-0.1, -0.05) is 133 Å². The predicted octanol–water partition coefficient (Wildman–Crippen LogP) is 24.0. The van der Waals surface area contributed by atoms with Gasteiger partial charge >= 0.3 is 30.9 Å². The zero-order valence-corrected chi connectivity index (χ0v) is 70.0. The Morgan fingerprint density at radius 2 is 0.628 bits per heavy atom. The molecule has 2 aromatic heterocycles. The van der Waals surface area contributed by atoms with Gasteiger partial charge in [0.05, 0.1) is 67.3 Å². The van der Waals surface area contributed by atoms with Crippen LogP contribution in [0.25, 0.3) is 55.9 Å². The number of hydrogen-bond donors (Lipinski definition) is 0. The number of aryl methyl sites for hydroxylation is 4. The number of oxazole rings is 2. The van der Waals surface area contributed by atoms with Crippen LogP contribution in [0.2, 0.25) is 0 Å². The van der Waals surface area contributed by atoms with Gasteiger partial charge in [-0.15, -0.1) is 0 Å². The van der Waals surface area contributed by atoms with E-state index in [1.54, 1.807) is 44.2 Å². The van der Waals surface area contributed by atoms with Crippen LogP contribution in [0.1, 0.15) is 204 Å². The van der Waals surface area contributed by atoms with Crippen LogP contribution in [-0.2, 0) is 27.1 Å². The zero-order chi connectivity index (χ0) is 93.3. The Labute approximate surface area is 723 Å². The normalized spacial score (nSPS) is 15.4. The average Bonchev–Trinajstić information content (AvgIpc) is 1.56. The lowest BCUT2D eigenvalue weighted by Crippen LogP contribution is -2.55. The largest absolute Gasteiger partial charge is 0.441 e. The van der Waals surface area contributed by atoms with Gasteiger partial charge in [-0.05, 0) is 244 Å². The minimum atomic E-state index is -6.46. The lowest BCUT2D eigenvalue weighted by Gasteiger charge is -2.38. The summed E-state index contributed by atoms with van der Waals surface area (Å²) < 4.78 is 253. The molecule has 6 heterocycles. The number of benzene rings is 11. The number of halogens is 15. The number of aromatic nitrogens is 2. The first-order chi connectivity index (χ1) is 60.1. The second kappa shape index (κ2) is 28.9. The summed E-state index contributed by atoms with van der Waals surface area (Å²) in [7, 11) is 0. The molecule has 0 aliphatic carbocycles. The molecule has 4 aliphatic heterocycles. The number of fused-ring (bicyclic) bond motifs is 6. The van der Waals surface area contributed by atoms with Gasteiger partial charge < -0.3 is 8.83 Å². The summed E-state index contributed by atoms with van der Waals surface area (Å²) in [6.07, 6.45) is -30.6. The highest BCUT2D eigenvalue weighted by Gasteiger charge is 2.75. The summed E-state index contributed by atoms with van der Waals surface area (Å²) in [5, 5.41) is 0. The standard InChI is InChI=1S/C98H69F15N6O10/c1-46-31-54(55-35-62(89(6,7)8)39-63(36-55)90(9,10)11)38-65(32-46)117-82(121)67-26-20-59(41-71(67)86(117)125)93(97(108,109)110,98(111,112)113)61-22-28-69-73(43-61)88(127)119(84(69)123)79-48(3)33-47(2)78(49(79)4)118-83(122)68-27-21-60(42-72(68)87(118)126)92(95(102,103)104,96(105,106)107)58-19-25-66-70(40-58)85(124)116(81(66)120)64-18-14-16-52(37-64)51-15-13-17-53(34-51)80-115-75-45-57(24-30-77(75)129-80)91(12,94(99,100)101)56-23-29-76-74(44-56)114-50(5)128-76/h13-45H,1-12H3. The van der Waals surface area contributed by atoms with E-state index in [0.717, 1.165) is 25.0 Å². The van der Waals surface area contributed by atoms with Crippen molar-refractivity contribution < 1.29 is 113 Å². The smallest absolute Gasteiger partial charge is 0.411 e. The van der Waals surface area contributed by atoms with Crippen LogP contribution in [0.15, 0.2) is 209 Å². The number of alkyl halides is 15. The van der Waals surface area contributed by atoms with Gasteiger partial charge in [0, 0.05) is 12.5 Å². The molecule has 11 aromatic carbocycles. The lowest BCUT2D eigenvalue weighted by molar-refractivity contribution is -0.290. The van der Waals surface area contributed by atoms with E-state index in [9.17, 15) is 38.4 Å². The van der Waals surface area contributed by atoms with Crippen LogP contribution >= 0.6 is 0 Å². The highest BCUT2D eigenvalue weighted by Crippen LogP contribution is 2.61. The van der Waals surface area contributed by atoms with Crippen LogP contribution < -0.4 is 19.6 Å². The zero-order valence-electron chi connectivity index (χ0n) is 70.0. The number of anilines is 4. The topological polar surface area (TPSA) is 202 Å². The molecule has 656 valence electrons. The van der Waals surface area contributed by atoms with Gasteiger partial charge in [0.25, 0.3) is 47.3 Å². The number of rotatable bonds is 13. The SMILES string of the molecule is Cc1cc(-c2cc(C(C)(C)C)cc(C(C)(C)C)c2)cc(N2C(=O)c3ccc(C(c4ccc5c(c4)C(=O)N(c4c(C)cc(C)c(N6C(=O)c7ccc(C(c8ccc9c(c8)C(=O)N(c8cccc(-c%10cccc(-c%11nc%12cc(C(C)(c%13ccc%14oc(C)nc%14c%13)C(F)(F)F)ccc%12o%11)c%10)c8)C9=O)(C(F)(F)F)C(F)(F)F)cc7C6=O)c4C)C5=O)(C(F)(F)F)C(F)(F)F)cc3C2=O)c1. The van der Waals surface area contributed by atoms with Crippen LogP contribution in [0, 0.1) is 34.6 Å². The van der Waals surface area contributed by atoms with E-state index in [1.807, 2.05) is 53.7 Å². The number of imide groups is 4. The van der Waals surface area contributed by atoms with Crippen molar-refractivity contribution >= 4 is 92.2 Å². The number of amides is 8. The van der Waals surface area contributed by atoms with Crippen LogP contribution in [0.5, 0.6) is 0 Å². The molecule has 31 heteroatoms. The molecular formula is C98H69F15N6O10. The van der Waals surface area contributed by atoms with E-state index in [-0.39, 0.29) is 119 Å². The number of hydrogen-bond acceptors (Lipinski definition) is 12. The van der Waals surface area contributed by atoms with Crippen molar-refractivity contribution in [1.82, 2.24) is 9.97 Å². The molecule has 4 aliphatic rings. The summed E-state index contributed by atoms with van der Waals surface area (Å²) in [6.45, 7) is 20.0. The minimum Gasteiger partial charge on any atom is -0.441 e. The van der Waals surface area contributed by atoms with E-state index in [0.29, 0.717) is 90.4 Å². The molecule has 0 spiro atoms. The fourth-order valence-corrected chi connectivity index (χ4v) is 18.2. The predicted molar refractivity (Wildman–Crippen MR) is 447 cm³/mol. The first-order valence-corrected chi connectivity index (χ1v) is 40.0. The Kier molecular flexibility index (Phi) is 19.5. The molecule has 8 amide bonds. The Balaban J connectivity index is 0.652. The third-order valence-electron chi connectivity index (χ3n) is 24.8. The van der Waals surface area contributed by atoms with Crippen LogP contribution in [0.4, 0.5) is 88.6 Å². The molecule has 0 saturated heterocycles. The van der Waals surface area contributed by atoms with Gasteiger partial charge in [-0.25, -0.2) is 29.6 Å². The average molecular weight is 1780 g/mol. The summed E-state index contributed by atoms with van der Waals surface area (Å²) in [6, 6.07) is 35.8. The Hall–Kier alpha value is -14.1. The van der Waals surface area contributed by atoms with Crippen molar-refractivity contribution in [2.45, 2.75) is 141 Å². The summed E-state index contributed by atoms with van der Waals surface area (Å²) in [5.41, 5.74) is -24.0. The molecule has 0 radical (unpaired) electrons. The molecule has 17 rings (SSSR count). The van der Waals surface area contributed by atoms with Crippen molar-refractivity contribution in [2.75, 3.05) is 19.6 Å². The number of carbonyl (C=O) groups excluding carboxylic acids is 8. The maximum atomic E-state index is 16.3.